The lowest BCUT2D eigenvalue weighted by Gasteiger charge is -2.26. The van der Waals surface area contributed by atoms with Crippen molar-refractivity contribution in [1.29, 1.82) is 0 Å². The molecule has 0 bridgehead atoms. The predicted octanol–water partition coefficient (Wildman–Crippen LogP) is 2.17. The van der Waals surface area contributed by atoms with E-state index in [2.05, 4.69) is 42.7 Å². The van der Waals surface area contributed by atoms with Crippen LogP contribution < -0.4 is 5.32 Å². The van der Waals surface area contributed by atoms with Crippen molar-refractivity contribution in [2.24, 2.45) is 5.92 Å². The predicted molar refractivity (Wildman–Crippen MR) is 109 cm³/mol. The van der Waals surface area contributed by atoms with Crippen LogP contribution in [0.25, 0.3) is 0 Å². The summed E-state index contributed by atoms with van der Waals surface area (Å²) in [7, 11) is 2.13. The Bertz CT molecular complexity index is 639. The van der Waals surface area contributed by atoms with E-state index in [0.29, 0.717) is 11.7 Å². The molecule has 27 heavy (non-hydrogen) atoms. The molecule has 6 heteroatoms. The number of aryl methyl sites for hydroxylation is 1. The molecule has 0 radical (unpaired) electrons. The zero-order valence-corrected chi connectivity index (χ0v) is 17.6. The first kappa shape index (κ1) is 20.3. The standard InChI is InChI=1S/C21H37N5O/c1-5-26-19-8-7-17(22-10-9-16(2)3)15-18(19)20(23-26)21(27)25-12-6-11-24(4)13-14-25/h16-17,22H,5-15H2,1-4H3/t17-/m0/s1. The van der Waals surface area contributed by atoms with Crippen LogP contribution in [0.2, 0.25) is 0 Å². The Morgan fingerprint density at radius 1 is 1.26 bits per heavy atom. The number of likely N-dealkylation sites (N-methyl/N-ethyl adjacent to an activating group) is 1. The van der Waals surface area contributed by atoms with E-state index in [-0.39, 0.29) is 5.91 Å². The van der Waals surface area contributed by atoms with Gasteiger partial charge >= 0.3 is 0 Å². The van der Waals surface area contributed by atoms with Crippen LogP contribution in [0.15, 0.2) is 0 Å². The van der Waals surface area contributed by atoms with Gasteiger partial charge in [-0.2, -0.15) is 5.10 Å². The number of fused-ring (bicyclic) bond motifs is 1. The van der Waals surface area contributed by atoms with Gasteiger partial charge in [0, 0.05) is 43.5 Å². The number of nitrogens with zero attached hydrogens (tertiary/aromatic N) is 4. The highest BCUT2D eigenvalue weighted by molar-refractivity contribution is 5.94. The van der Waals surface area contributed by atoms with Gasteiger partial charge in [0.1, 0.15) is 0 Å². The number of aromatic nitrogens is 2. The minimum atomic E-state index is 0.136. The number of hydrogen-bond acceptors (Lipinski definition) is 4. The molecule has 1 fully saturated rings. The summed E-state index contributed by atoms with van der Waals surface area (Å²) in [5, 5.41) is 8.48. The Kier molecular flexibility index (Phi) is 6.93. The Labute approximate surface area is 164 Å². The average molecular weight is 376 g/mol. The Hall–Kier alpha value is -1.40. The third-order valence-electron chi connectivity index (χ3n) is 6.01. The van der Waals surface area contributed by atoms with Gasteiger partial charge in [0.25, 0.3) is 5.91 Å². The van der Waals surface area contributed by atoms with Crippen molar-refractivity contribution >= 4 is 5.91 Å². The van der Waals surface area contributed by atoms with Crippen LogP contribution in [0, 0.1) is 5.92 Å². The first-order valence-electron chi connectivity index (χ1n) is 10.8. The Morgan fingerprint density at radius 3 is 2.81 bits per heavy atom. The lowest BCUT2D eigenvalue weighted by molar-refractivity contribution is 0.0754. The fourth-order valence-corrected chi connectivity index (χ4v) is 4.27. The molecule has 0 saturated carbocycles. The van der Waals surface area contributed by atoms with E-state index in [4.69, 9.17) is 5.10 Å². The first-order chi connectivity index (χ1) is 13.0. The van der Waals surface area contributed by atoms with Crippen molar-refractivity contribution < 1.29 is 4.79 Å². The van der Waals surface area contributed by atoms with E-state index in [0.717, 1.165) is 70.9 Å². The summed E-state index contributed by atoms with van der Waals surface area (Å²) >= 11 is 0. The molecule has 0 aromatic carbocycles. The van der Waals surface area contributed by atoms with Crippen LogP contribution in [-0.2, 0) is 19.4 Å². The molecule has 1 aliphatic heterocycles. The van der Waals surface area contributed by atoms with Crippen molar-refractivity contribution in [3.8, 4) is 0 Å². The third kappa shape index (κ3) is 4.91. The van der Waals surface area contributed by atoms with E-state index in [1.807, 2.05) is 4.90 Å². The minimum absolute atomic E-state index is 0.136. The molecular weight excluding hydrogens is 338 g/mol. The summed E-state index contributed by atoms with van der Waals surface area (Å²) in [6, 6.07) is 0.465. The molecular formula is C21H37N5O. The summed E-state index contributed by atoms with van der Waals surface area (Å²) in [5.74, 6) is 0.856. The molecule has 1 aromatic heterocycles. The van der Waals surface area contributed by atoms with Crippen LogP contribution in [-0.4, -0.2) is 71.3 Å². The molecule has 1 aromatic rings. The van der Waals surface area contributed by atoms with Gasteiger partial charge in [0.15, 0.2) is 5.69 Å². The first-order valence-corrected chi connectivity index (χ1v) is 10.8. The van der Waals surface area contributed by atoms with Gasteiger partial charge < -0.3 is 15.1 Å². The molecule has 6 nitrogen and oxygen atoms in total. The molecule has 0 spiro atoms. The largest absolute Gasteiger partial charge is 0.336 e. The summed E-state index contributed by atoms with van der Waals surface area (Å²) in [4.78, 5) is 17.6. The third-order valence-corrected chi connectivity index (χ3v) is 6.01. The van der Waals surface area contributed by atoms with Gasteiger partial charge in [-0.25, -0.2) is 0 Å². The fraction of sp³-hybridized carbons (Fsp3) is 0.810. The average Bonchev–Trinajstić information content (AvgIpc) is 2.87. The molecule has 1 saturated heterocycles. The molecule has 1 atom stereocenters. The lowest BCUT2D eigenvalue weighted by atomic mass is 9.90. The molecule has 0 unspecified atom stereocenters. The normalized spacial score (nSPS) is 21.4. The second-order valence-electron chi connectivity index (χ2n) is 8.62. The Balaban J connectivity index is 1.74. The van der Waals surface area contributed by atoms with Crippen LogP contribution in [0.4, 0.5) is 0 Å². The summed E-state index contributed by atoms with van der Waals surface area (Å²) in [5.41, 5.74) is 3.20. The lowest BCUT2D eigenvalue weighted by Crippen LogP contribution is -2.38. The summed E-state index contributed by atoms with van der Waals surface area (Å²) in [6.45, 7) is 12.2. The quantitative estimate of drug-likeness (QED) is 0.828. The maximum absolute atomic E-state index is 13.3. The van der Waals surface area contributed by atoms with Crippen molar-refractivity contribution in [1.82, 2.24) is 24.9 Å². The van der Waals surface area contributed by atoms with Gasteiger partial charge in [-0.1, -0.05) is 13.8 Å². The maximum Gasteiger partial charge on any atom is 0.274 e. The van der Waals surface area contributed by atoms with E-state index in [9.17, 15) is 4.79 Å². The Morgan fingerprint density at radius 2 is 2.07 bits per heavy atom. The number of carbonyl (C=O) groups excluding carboxylic acids is 1. The summed E-state index contributed by atoms with van der Waals surface area (Å²) < 4.78 is 2.07. The monoisotopic (exact) mass is 375 g/mol. The molecule has 3 rings (SSSR count). The molecule has 152 valence electrons. The number of hydrogen-bond donors (Lipinski definition) is 1. The van der Waals surface area contributed by atoms with E-state index in [1.165, 1.54) is 17.7 Å². The zero-order chi connectivity index (χ0) is 19.4. The van der Waals surface area contributed by atoms with Gasteiger partial charge in [0.05, 0.1) is 0 Å². The number of rotatable bonds is 6. The van der Waals surface area contributed by atoms with Gasteiger partial charge in [0.2, 0.25) is 0 Å². The van der Waals surface area contributed by atoms with Crippen molar-refractivity contribution in [2.75, 3.05) is 39.8 Å². The van der Waals surface area contributed by atoms with E-state index in [1.54, 1.807) is 0 Å². The topological polar surface area (TPSA) is 53.4 Å². The second kappa shape index (κ2) is 9.20. The van der Waals surface area contributed by atoms with Gasteiger partial charge in [-0.3, -0.25) is 9.48 Å². The molecule has 1 aliphatic carbocycles. The molecule has 2 aliphatic rings. The van der Waals surface area contributed by atoms with Gasteiger partial charge in [-0.15, -0.1) is 0 Å². The van der Waals surface area contributed by atoms with E-state index < -0.39 is 0 Å². The zero-order valence-electron chi connectivity index (χ0n) is 17.6. The second-order valence-corrected chi connectivity index (χ2v) is 8.62. The number of nitrogens with one attached hydrogen (secondary N) is 1. The van der Waals surface area contributed by atoms with Crippen molar-refractivity contribution in [2.45, 2.75) is 65.5 Å². The van der Waals surface area contributed by atoms with Gasteiger partial charge in [-0.05, 0) is 65.1 Å². The highest BCUT2D eigenvalue weighted by atomic mass is 16.2. The van der Waals surface area contributed by atoms with Crippen LogP contribution >= 0.6 is 0 Å². The van der Waals surface area contributed by atoms with Crippen LogP contribution in [0.3, 0.4) is 0 Å². The van der Waals surface area contributed by atoms with Crippen molar-refractivity contribution in [3.05, 3.63) is 17.0 Å². The maximum atomic E-state index is 13.3. The van der Waals surface area contributed by atoms with Crippen LogP contribution in [0.1, 0.15) is 61.8 Å². The molecule has 1 N–H and O–H groups in total. The van der Waals surface area contributed by atoms with Crippen molar-refractivity contribution in [3.63, 3.8) is 0 Å². The van der Waals surface area contributed by atoms with E-state index >= 15 is 0 Å². The van der Waals surface area contributed by atoms with Crippen LogP contribution in [0.5, 0.6) is 0 Å². The highest BCUT2D eigenvalue weighted by Gasteiger charge is 2.31. The minimum Gasteiger partial charge on any atom is -0.336 e. The molecule has 1 amide bonds. The smallest absolute Gasteiger partial charge is 0.274 e. The highest BCUT2D eigenvalue weighted by Crippen LogP contribution is 2.26. The SMILES string of the molecule is CCn1nc(C(=O)N2CCCN(C)CC2)c2c1CC[C@H](NCCC(C)C)C2. The molecule has 2 heterocycles. The number of amides is 1. The fourth-order valence-electron chi connectivity index (χ4n) is 4.27. The number of carbonyl (C=O) groups is 1. The summed E-state index contributed by atoms with van der Waals surface area (Å²) in [6.07, 6.45) is 5.33.